The number of alkyl halides is 1. The molecule has 0 amide bonds. The average Bonchev–Trinajstić information content (AvgIpc) is 3.53. The van der Waals surface area contributed by atoms with Crippen LogP contribution in [-0.2, 0) is 11.8 Å². The Kier molecular flexibility index (Phi) is 7.29. The van der Waals surface area contributed by atoms with E-state index in [0.29, 0.717) is 22.3 Å². The number of hydrogen-bond acceptors (Lipinski definition) is 9. The third-order valence-corrected chi connectivity index (χ3v) is 8.37. The lowest BCUT2D eigenvalue weighted by molar-refractivity contribution is 0.0204. The number of fused-ring (bicyclic) bond motifs is 2. The minimum atomic E-state index is -1.08. The van der Waals surface area contributed by atoms with E-state index in [2.05, 4.69) is 15.3 Å². The van der Waals surface area contributed by atoms with E-state index >= 15 is 4.39 Å². The monoisotopic (exact) mass is 514 g/mol. The molecule has 4 atom stereocenters. The molecule has 1 N–H and O–H groups in total. The van der Waals surface area contributed by atoms with E-state index in [1.807, 2.05) is 48.2 Å². The fourth-order valence-electron chi connectivity index (χ4n) is 5.61. The largest absolute Gasteiger partial charge is 0.467 e. The number of rotatable bonds is 8. The quantitative estimate of drug-likeness (QED) is 0.361. The SMILES string of the molecule is COCOc1cc(-c2cnn(C)c2)ccc1-c1nnc(N(C)[C@H]2CC3CCCC([C@H]2F)N3B(C)O)s1. The first kappa shape index (κ1) is 25.1. The predicted molar refractivity (Wildman–Crippen MR) is 139 cm³/mol. The van der Waals surface area contributed by atoms with Gasteiger partial charge in [0.1, 0.15) is 11.9 Å². The Balaban J connectivity index is 1.40. The minimum absolute atomic E-state index is 0.100. The third kappa shape index (κ3) is 4.74. The number of halogens is 1. The molecular weight excluding hydrogens is 482 g/mol. The van der Waals surface area contributed by atoms with Crippen LogP contribution < -0.4 is 9.64 Å². The zero-order valence-corrected chi connectivity index (χ0v) is 21.9. The Morgan fingerprint density at radius 3 is 2.83 bits per heavy atom. The highest BCUT2D eigenvalue weighted by Gasteiger charge is 2.49. The topological polar surface area (TPSA) is 88.8 Å². The molecule has 192 valence electrons. The zero-order valence-electron chi connectivity index (χ0n) is 21.0. The summed E-state index contributed by atoms with van der Waals surface area (Å²) in [5, 5.41) is 24.7. The van der Waals surface area contributed by atoms with Crippen molar-refractivity contribution in [3.8, 4) is 27.4 Å². The molecule has 12 heteroatoms. The Morgan fingerprint density at radius 2 is 2.11 bits per heavy atom. The van der Waals surface area contributed by atoms with Crippen molar-refractivity contribution in [2.75, 3.05) is 25.9 Å². The molecule has 5 rings (SSSR count). The van der Waals surface area contributed by atoms with E-state index in [1.54, 1.807) is 24.8 Å². The Hall–Kier alpha value is -2.54. The second-order valence-corrected chi connectivity index (χ2v) is 10.6. The fraction of sp³-hybridized carbons (Fsp3) is 0.542. The molecule has 0 radical (unpaired) electrons. The summed E-state index contributed by atoms with van der Waals surface area (Å²) in [7, 11) is 4.71. The molecule has 9 nitrogen and oxygen atoms in total. The standard InChI is InChI=1S/C24H32BFN6O3S/c1-25(33)32-17-6-5-7-19(32)22(26)20(11-17)31(3)24-29-28-23(36-24)18-9-8-15(10-21(18)35-14-34-4)16-12-27-30(2)13-16/h8-10,12-13,17,19-20,22,33H,5-7,11,14H2,1-4H3/t17?,19?,20-,22+/m0/s1. The summed E-state index contributed by atoms with van der Waals surface area (Å²) in [5.41, 5.74) is 2.75. The van der Waals surface area contributed by atoms with Crippen molar-refractivity contribution in [1.29, 1.82) is 0 Å². The molecule has 0 saturated carbocycles. The summed E-state index contributed by atoms with van der Waals surface area (Å²) in [4.78, 5) is 3.89. The third-order valence-electron chi connectivity index (χ3n) is 7.32. The van der Waals surface area contributed by atoms with Gasteiger partial charge < -0.3 is 24.2 Å². The summed E-state index contributed by atoms with van der Waals surface area (Å²) < 4.78 is 28.5. The fourth-order valence-corrected chi connectivity index (χ4v) is 6.51. The van der Waals surface area contributed by atoms with Crippen molar-refractivity contribution in [2.24, 2.45) is 7.05 Å². The van der Waals surface area contributed by atoms with Crippen molar-refractivity contribution >= 4 is 23.5 Å². The molecule has 3 aromatic rings. The van der Waals surface area contributed by atoms with Gasteiger partial charge in [-0.25, -0.2) is 4.39 Å². The highest BCUT2D eigenvalue weighted by Crippen LogP contribution is 2.41. The van der Waals surface area contributed by atoms with Gasteiger partial charge in [0, 0.05) is 45.0 Å². The molecule has 2 aliphatic heterocycles. The number of benzene rings is 1. The second-order valence-electron chi connectivity index (χ2n) is 9.64. The molecule has 0 aliphatic carbocycles. The van der Waals surface area contributed by atoms with Gasteiger partial charge in [-0.05, 0) is 43.8 Å². The van der Waals surface area contributed by atoms with E-state index in [9.17, 15) is 5.02 Å². The van der Waals surface area contributed by atoms with Crippen LogP contribution in [0.3, 0.4) is 0 Å². The molecule has 0 spiro atoms. The second kappa shape index (κ2) is 10.4. The smallest absolute Gasteiger partial charge is 0.376 e. The van der Waals surface area contributed by atoms with Crippen molar-refractivity contribution in [3.63, 3.8) is 0 Å². The van der Waals surface area contributed by atoms with Crippen LogP contribution in [0.5, 0.6) is 5.75 Å². The van der Waals surface area contributed by atoms with E-state index < -0.39 is 13.2 Å². The van der Waals surface area contributed by atoms with Crippen LogP contribution in [0.4, 0.5) is 9.52 Å². The van der Waals surface area contributed by atoms with Gasteiger partial charge in [-0.3, -0.25) is 4.68 Å². The predicted octanol–water partition coefficient (Wildman–Crippen LogP) is 3.47. The van der Waals surface area contributed by atoms with Gasteiger partial charge in [0.05, 0.1) is 17.8 Å². The van der Waals surface area contributed by atoms with E-state index in [1.165, 1.54) is 11.3 Å². The molecule has 2 aliphatic rings. The number of anilines is 1. The van der Waals surface area contributed by atoms with Crippen LogP contribution in [0, 0.1) is 0 Å². The number of nitrogens with zero attached hydrogens (tertiary/aromatic N) is 6. The number of aryl methyl sites for hydroxylation is 1. The molecule has 2 unspecified atom stereocenters. The number of ether oxygens (including phenoxy) is 2. The van der Waals surface area contributed by atoms with Gasteiger partial charge in [-0.15, -0.1) is 10.2 Å². The molecule has 36 heavy (non-hydrogen) atoms. The molecule has 1 aromatic carbocycles. The Labute approximate surface area is 215 Å². The van der Waals surface area contributed by atoms with Crippen molar-refractivity contribution in [3.05, 3.63) is 30.6 Å². The number of piperidine rings is 2. The molecule has 2 bridgehead atoms. The average molecular weight is 514 g/mol. The van der Waals surface area contributed by atoms with E-state index in [-0.39, 0.29) is 24.9 Å². The van der Waals surface area contributed by atoms with Crippen LogP contribution in [0.1, 0.15) is 25.7 Å². The maximum atomic E-state index is 15.7. The normalized spacial score (nSPS) is 24.1. The summed E-state index contributed by atoms with van der Waals surface area (Å²) >= 11 is 1.42. The first-order valence-corrected chi connectivity index (χ1v) is 13.1. The van der Waals surface area contributed by atoms with Crippen LogP contribution in [-0.4, -0.2) is 82.1 Å². The molecular formula is C24H32BFN6O3S. The number of aromatic nitrogens is 4. The van der Waals surface area contributed by atoms with Gasteiger partial charge in [0.25, 0.3) is 0 Å². The minimum Gasteiger partial charge on any atom is -0.467 e. The van der Waals surface area contributed by atoms with Crippen molar-refractivity contribution in [2.45, 2.75) is 56.8 Å². The maximum Gasteiger partial charge on any atom is 0.376 e. The highest BCUT2D eigenvalue weighted by atomic mass is 32.1. The lowest BCUT2D eigenvalue weighted by Crippen LogP contribution is -2.66. The van der Waals surface area contributed by atoms with Crippen molar-refractivity contribution in [1.82, 2.24) is 24.8 Å². The van der Waals surface area contributed by atoms with Gasteiger partial charge in [0.15, 0.2) is 11.8 Å². The first-order valence-electron chi connectivity index (χ1n) is 12.3. The van der Waals surface area contributed by atoms with Gasteiger partial charge in [0.2, 0.25) is 5.13 Å². The summed E-state index contributed by atoms with van der Waals surface area (Å²) in [5.74, 6) is 0.631. The first-order chi connectivity index (χ1) is 17.4. The van der Waals surface area contributed by atoms with E-state index in [4.69, 9.17) is 9.47 Å². The van der Waals surface area contributed by atoms with Gasteiger partial charge in [-0.2, -0.15) is 5.10 Å². The van der Waals surface area contributed by atoms with Crippen molar-refractivity contribution < 1.29 is 18.9 Å². The summed E-state index contributed by atoms with van der Waals surface area (Å²) in [6.07, 6.45) is 6.06. The van der Waals surface area contributed by atoms with Gasteiger partial charge in [-0.1, -0.05) is 23.8 Å². The molecule has 2 fully saturated rings. The summed E-state index contributed by atoms with van der Waals surface area (Å²) in [6.45, 7) is 1.84. The van der Waals surface area contributed by atoms with Crippen LogP contribution in [0.15, 0.2) is 30.6 Å². The zero-order chi connectivity index (χ0) is 25.4. The van der Waals surface area contributed by atoms with Crippen LogP contribution in [0.25, 0.3) is 21.7 Å². The number of methoxy groups -OCH3 is 1. The number of hydrogen-bond donors (Lipinski definition) is 1. The summed E-state index contributed by atoms with van der Waals surface area (Å²) in [6, 6.07) is 5.49. The Morgan fingerprint density at radius 1 is 1.28 bits per heavy atom. The lowest BCUT2D eigenvalue weighted by Gasteiger charge is -2.52. The molecule has 4 heterocycles. The maximum absolute atomic E-state index is 15.7. The Bertz CT molecular complexity index is 1190. The lowest BCUT2D eigenvalue weighted by atomic mass is 9.70. The van der Waals surface area contributed by atoms with Gasteiger partial charge >= 0.3 is 7.05 Å². The van der Waals surface area contributed by atoms with Crippen LogP contribution >= 0.6 is 11.3 Å². The molecule has 2 aromatic heterocycles. The molecule has 2 saturated heterocycles. The van der Waals surface area contributed by atoms with Crippen LogP contribution in [0.2, 0.25) is 6.82 Å². The highest BCUT2D eigenvalue weighted by molar-refractivity contribution is 7.18. The van der Waals surface area contributed by atoms with E-state index in [0.717, 1.165) is 36.0 Å².